The van der Waals surface area contributed by atoms with E-state index in [0.29, 0.717) is 26.1 Å². The van der Waals surface area contributed by atoms with Crippen LogP contribution in [0.2, 0.25) is 0 Å². The van der Waals surface area contributed by atoms with E-state index in [1.54, 1.807) is 11.8 Å². The Kier molecular flexibility index (Phi) is 8.14. The summed E-state index contributed by atoms with van der Waals surface area (Å²) in [5.41, 5.74) is 2.04. The second-order valence-corrected chi connectivity index (χ2v) is 8.30. The highest BCUT2D eigenvalue weighted by molar-refractivity contribution is 7.99. The molecule has 154 valence electrons. The van der Waals surface area contributed by atoms with Gasteiger partial charge in [-0.1, -0.05) is 43.3 Å². The van der Waals surface area contributed by atoms with Crippen molar-refractivity contribution in [1.29, 1.82) is 0 Å². The number of carbonyl (C=O) groups is 2. The Bertz CT molecular complexity index is 805. The average molecular weight is 412 g/mol. The van der Waals surface area contributed by atoms with Crippen LogP contribution in [-0.4, -0.2) is 60.1 Å². The minimum Gasteiger partial charge on any atom is -0.340 e. The number of rotatable bonds is 8. The van der Waals surface area contributed by atoms with Crippen molar-refractivity contribution in [1.82, 2.24) is 9.80 Å². The molecule has 29 heavy (non-hydrogen) atoms. The molecule has 2 aromatic carbocycles. The first-order valence-corrected chi connectivity index (χ1v) is 11.2. The molecule has 5 nitrogen and oxygen atoms in total. The minimum atomic E-state index is 0.00457. The molecule has 0 aromatic heterocycles. The highest BCUT2D eigenvalue weighted by Crippen LogP contribution is 2.19. The number of aryl methyl sites for hydroxylation is 1. The summed E-state index contributed by atoms with van der Waals surface area (Å²) in [6.45, 7) is 5.30. The maximum Gasteiger partial charge on any atom is 0.238 e. The summed E-state index contributed by atoms with van der Waals surface area (Å²) in [5, 5.41) is 3.02. The normalized spacial score (nSPS) is 14.6. The Morgan fingerprint density at radius 3 is 2.38 bits per heavy atom. The van der Waals surface area contributed by atoms with Gasteiger partial charge in [-0.25, -0.2) is 0 Å². The number of nitrogens with one attached hydrogen (secondary N) is 1. The Morgan fingerprint density at radius 2 is 1.66 bits per heavy atom. The second-order valence-electron chi connectivity index (χ2n) is 7.13. The van der Waals surface area contributed by atoms with E-state index in [9.17, 15) is 9.59 Å². The summed E-state index contributed by atoms with van der Waals surface area (Å²) in [5.74, 6) is 1.00. The van der Waals surface area contributed by atoms with Gasteiger partial charge in [-0.3, -0.25) is 14.5 Å². The van der Waals surface area contributed by atoms with E-state index in [4.69, 9.17) is 0 Å². The second kappa shape index (κ2) is 11.0. The van der Waals surface area contributed by atoms with Gasteiger partial charge >= 0.3 is 0 Å². The number of nitrogens with zero attached hydrogens (tertiary/aromatic N) is 2. The molecule has 0 atom stereocenters. The van der Waals surface area contributed by atoms with Crippen LogP contribution in [-0.2, 0) is 16.0 Å². The summed E-state index contributed by atoms with van der Waals surface area (Å²) >= 11 is 1.71. The number of hydrogen-bond acceptors (Lipinski definition) is 4. The number of anilines is 1. The molecule has 0 unspecified atom stereocenters. The van der Waals surface area contributed by atoms with Crippen LogP contribution < -0.4 is 5.32 Å². The maximum absolute atomic E-state index is 12.4. The first kappa shape index (κ1) is 21.4. The molecule has 1 aliphatic heterocycles. The third-order valence-corrected chi connectivity index (χ3v) is 6.11. The molecule has 1 aliphatic rings. The number of amides is 2. The largest absolute Gasteiger partial charge is 0.340 e. The van der Waals surface area contributed by atoms with Crippen molar-refractivity contribution in [3.8, 4) is 0 Å². The van der Waals surface area contributed by atoms with Crippen LogP contribution in [0, 0.1) is 0 Å². The third-order valence-electron chi connectivity index (χ3n) is 5.09. The molecule has 3 rings (SSSR count). The number of piperazine rings is 1. The van der Waals surface area contributed by atoms with Crippen molar-refractivity contribution in [3.05, 3.63) is 60.2 Å². The molecule has 0 saturated carbocycles. The van der Waals surface area contributed by atoms with Gasteiger partial charge in [0.2, 0.25) is 11.8 Å². The van der Waals surface area contributed by atoms with Gasteiger partial charge < -0.3 is 10.2 Å². The topological polar surface area (TPSA) is 52.7 Å². The minimum absolute atomic E-state index is 0.00457. The summed E-state index contributed by atoms with van der Waals surface area (Å²) in [7, 11) is 0. The van der Waals surface area contributed by atoms with Gasteiger partial charge in [0.05, 0.1) is 6.54 Å². The van der Waals surface area contributed by atoms with E-state index in [1.165, 1.54) is 4.90 Å². The number of thioether (sulfide) groups is 1. The lowest BCUT2D eigenvalue weighted by atomic mass is 10.1. The van der Waals surface area contributed by atoms with E-state index < -0.39 is 0 Å². The molecule has 2 aromatic rings. The lowest BCUT2D eigenvalue weighted by molar-refractivity contribution is -0.132. The van der Waals surface area contributed by atoms with E-state index >= 15 is 0 Å². The number of carbonyl (C=O) groups excluding carboxylic acids is 2. The van der Waals surface area contributed by atoms with Crippen LogP contribution >= 0.6 is 11.8 Å². The maximum atomic E-state index is 12.4. The van der Waals surface area contributed by atoms with E-state index in [-0.39, 0.29) is 11.8 Å². The fourth-order valence-electron chi connectivity index (χ4n) is 3.43. The predicted molar refractivity (Wildman–Crippen MR) is 119 cm³/mol. The summed E-state index contributed by atoms with van der Waals surface area (Å²) in [4.78, 5) is 30.1. The number of hydrogen-bond donors (Lipinski definition) is 1. The van der Waals surface area contributed by atoms with Crippen molar-refractivity contribution in [2.75, 3.05) is 43.8 Å². The van der Waals surface area contributed by atoms with Crippen molar-refractivity contribution >= 4 is 29.3 Å². The van der Waals surface area contributed by atoms with Crippen LogP contribution in [0.5, 0.6) is 0 Å². The Labute approximate surface area is 177 Å². The van der Waals surface area contributed by atoms with E-state index in [1.807, 2.05) is 47.4 Å². The van der Waals surface area contributed by atoms with Crippen molar-refractivity contribution in [3.63, 3.8) is 0 Å². The van der Waals surface area contributed by atoms with Crippen LogP contribution in [0.1, 0.15) is 18.9 Å². The van der Waals surface area contributed by atoms with Gasteiger partial charge in [0.25, 0.3) is 0 Å². The molecule has 1 heterocycles. The molecule has 1 N–H and O–H groups in total. The highest BCUT2D eigenvalue weighted by Gasteiger charge is 2.22. The fourth-order valence-corrected chi connectivity index (χ4v) is 4.29. The predicted octanol–water partition coefficient (Wildman–Crippen LogP) is 3.51. The molecular weight excluding hydrogens is 382 g/mol. The zero-order valence-electron chi connectivity index (χ0n) is 17.0. The summed E-state index contributed by atoms with van der Waals surface area (Å²) in [6, 6.07) is 18.1. The van der Waals surface area contributed by atoms with Crippen molar-refractivity contribution in [2.24, 2.45) is 0 Å². The zero-order chi connectivity index (χ0) is 20.5. The summed E-state index contributed by atoms with van der Waals surface area (Å²) in [6.07, 6.45) is 1.44. The quantitative estimate of drug-likeness (QED) is 0.676. The van der Waals surface area contributed by atoms with Crippen LogP contribution in [0.25, 0.3) is 0 Å². The average Bonchev–Trinajstić information content (AvgIpc) is 2.75. The molecule has 0 bridgehead atoms. The molecule has 0 aliphatic carbocycles. The summed E-state index contributed by atoms with van der Waals surface area (Å²) < 4.78 is 0. The van der Waals surface area contributed by atoms with E-state index in [0.717, 1.165) is 36.5 Å². The van der Waals surface area contributed by atoms with Gasteiger partial charge in [0, 0.05) is 48.9 Å². The Morgan fingerprint density at radius 1 is 0.966 bits per heavy atom. The molecule has 0 radical (unpaired) electrons. The SMILES string of the molecule is CCc1ccccc1NC(=O)CN1CCN(C(=O)CCSc2ccccc2)CC1. The smallest absolute Gasteiger partial charge is 0.238 e. The Hall–Kier alpha value is -2.31. The lowest BCUT2D eigenvalue weighted by Gasteiger charge is -2.34. The first-order valence-electron chi connectivity index (χ1n) is 10.2. The van der Waals surface area contributed by atoms with Crippen LogP contribution in [0.3, 0.4) is 0 Å². The molecule has 1 fully saturated rings. The monoisotopic (exact) mass is 411 g/mol. The van der Waals surface area contributed by atoms with Crippen LogP contribution in [0.4, 0.5) is 5.69 Å². The van der Waals surface area contributed by atoms with Crippen molar-refractivity contribution in [2.45, 2.75) is 24.7 Å². The standard InChI is InChI=1S/C23H29N3O2S/c1-2-19-8-6-7-11-21(19)24-22(27)18-25-13-15-26(16-14-25)23(28)12-17-29-20-9-4-3-5-10-20/h3-11H,2,12-18H2,1H3,(H,24,27). The fraction of sp³-hybridized carbons (Fsp3) is 0.391. The molecule has 1 saturated heterocycles. The molecule has 2 amide bonds. The van der Waals surface area contributed by atoms with Gasteiger partial charge in [-0.15, -0.1) is 11.8 Å². The number of para-hydroxylation sites is 1. The van der Waals surface area contributed by atoms with Gasteiger partial charge in [0.1, 0.15) is 0 Å². The highest BCUT2D eigenvalue weighted by atomic mass is 32.2. The van der Waals surface area contributed by atoms with Crippen molar-refractivity contribution < 1.29 is 9.59 Å². The van der Waals surface area contributed by atoms with Gasteiger partial charge in [0.15, 0.2) is 0 Å². The zero-order valence-corrected chi connectivity index (χ0v) is 17.8. The van der Waals surface area contributed by atoms with Crippen LogP contribution in [0.15, 0.2) is 59.5 Å². The third kappa shape index (κ3) is 6.61. The van der Waals surface area contributed by atoms with E-state index in [2.05, 4.69) is 29.3 Å². The molecular formula is C23H29N3O2S. The Balaban J connectivity index is 1.37. The number of benzene rings is 2. The molecule has 6 heteroatoms. The van der Waals surface area contributed by atoms with Gasteiger partial charge in [-0.05, 0) is 30.2 Å². The van der Waals surface area contributed by atoms with Gasteiger partial charge in [-0.2, -0.15) is 0 Å². The lowest BCUT2D eigenvalue weighted by Crippen LogP contribution is -2.50. The first-order chi connectivity index (χ1) is 14.2. The molecule has 0 spiro atoms.